The summed E-state index contributed by atoms with van der Waals surface area (Å²) in [5, 5.41) is 6.20. The number of nitrogens with zero attached hydrogens (tertiary/aromatic N) is 1. The lowest BCUT2D eigenvalue weighted by atomic mass is 9.79. The number of hydrogen-bond donors (Lipinski definition) is 2. The van der Waals surface area contributed by atoms with Crippen LogP contribution in [-0.2, 0) is 9.59 Å². The van der Waals surface area contributed by atoms with E-state index in [-0.39, 0.29) is 17.4 Å². The summed E-state index contributed by atoms with van der Waals surface area (Å²) >= 11 is 0. The number of nitrogens with one attached hydrogen (secondary N) is 2. The molecule has 2 amide bonds. The van der Waals surface area contributed by atoms with Gasteiger partial charge in [-0.25, -0.2) is 0 Å². The summed E-state index contributed by atoms with van der Waals surface area (Å²) in [4.78, 5) is 26.2. The highest BCUT2D eigenvalue weighted by Gasteiger charge is 2.33. The molecule has 1 saturated carbocycles. The van der Waals surface area contributed by atoms with E-state index in [1.165, 1.54) is 19.3 Å². The minimum absolute atomic E-state index is 0.00416. The summed E-state index contributed by atoms with van der Waals surface area (Å²) in [6.07, 6.45) is 6.12. The lowest BCUT2D eigenvalue weighted by Crippen LogP contribution is -2.52. The highest BCUT2D eigenvalue weighted by Crippen LogP contribution is 2.30. The molecular formula is C16H31N3O2. The van der Waals surface area contributed by atoms with Crippen LogP contribution in [0.4, 0.5) is 0 Å². The monoisotopic (exact) mass is 297 g/mol. The fourth-order valence-electron chi connectivity index (χ4n) is 3.21. The predicted octanol–water partition coefficient (Wildman–Crippen LogP) is 1.67. The summed E-state index contributed by atoms with van der Waals surface area (Å²) in [5.41, 5.74) is -0.0830. The van der Waals surface area contributed by atoms with Crippen LogP contribution in [0.1, 0.15) is 59.3 Å². The predicted molar refractivity (Wildman–Crippen MR) is 85.0 cm³/mol. The van der Waals surface area contributed by atoms with Crippen molar-refractivity contribution in [3.8, 4) is 0 Å². The van der Waals surface area contributed by atoms with Crippen molar-refractivity contribution in [2.45, 2.75) is 70.9 Å². The first-order chi connectivity index (χ1) is 9.98. The van der Waals surface area contributed by atoms with Crippen molar-refractivity contribution >= 4 is 11.8 Å². The van der Waals surface area contributed by atoms with E-state index in [1.54, 1.807) is 11.8 Å². The molecular weight excluding hydrogens is 266 g/mol. The minimum Gasteiger partial charge on any atom is -0.345 e. The molecule has 1 rings (SSSR count). The molecule has 0 bridgehead atoms. The van der Waals surface area contributed by atoms with Gasteiger partial charge in [-0.2, -0.15) is 0 Å². The van der Waals surface area contributed by atoms with Crippen molar-refractivity contribution in [2.75, 3.05) is 20.1 Å². The quantitative estimate of drug-likeness (QED) is 0.751. The second-order valence-corrected chi connectivity index (χ2v) is 6.07. The molecule has 0 aliphatic heterocycles. The van der Waals surface area contributed by atoms with Crippen molar-refractivity contribution in [1.82, 2.24) is 15.5 Å². The zero-order valence-corrected chi connectivity index (χ0v) is 14.0. The molecule has 2 N–H and O–H groups in total. The molecule has 0 heterocycles. The van der Waals surface area contributed by atoms with Gasteiger partial charge in [0.25, 0.3) is 0 Å². The van der Waals surface area contributed by atoms with E-state index in [4.69, 9.17) is 0 Å². The van der Waals surface area contributed by atoms with E-state index in [9.17, 15) is 9.59 Å². The SMILES string of the molecule is CCN(CC)C(=O)C(C)NC(=O)CC1(NC)CCCCC1. The Balaban J connectivity index is 2.53. The Kier molecular flexibility index (Phi) is 7.15. The van der Waals surface area contributed by atoms with E-state index < -0.39 is 6.04 Å². The lowest BCUT2D eigenvalue weighted by Gasteiger charge is -2.37. The molecule has 0 aromatic rings. The van der Waals surface area contributed by atoms with Gasteiger partial charge < -0.3 is 15.5 Å². The number of carbonyl (C=O) groups excluding carboxylic acids is 2. The summed E-state index contributed by atoms with van der Waals surface area (Å²) < 4.78 is 0. The van der Waals surface area contributed by atoms with Crippen LogP contribution in [0, 0.1) is 0 Å². The summed E-state index contributed by atoms with van der Waals surface area (Å²) in [7, 11) is 1.93. The van der Waals surface area contributed by atoms with Crippen LogP contribution in [0.25, 0.3) is 0 Å². The maximum atomic E-state index is 12.3. The summed E-state index contributed by atoms with van der Waals surface area (Å²) in [6, 6.07) is -0.449. The van der Waals surface area contributed by atoms with E-state index in [2.05, 4.69) is 10.6 Å². The Morgan fingerprint density at radius 1 is 1.14 bits per heavy atom. The number of hydrogen-bond acceptors (Lipinski definition) is 3. The zero-order chi connectivity index (χ0) is 15.9. The van der Waals surface area contributed by atoms with Crippen molar-refractivity contribution in [1.29, 1.82) is 0 Å². The van der Waals surface area contributed by atoms with Gasteiger partial charge in [0, 0.05) is 25.0 Å². The molecule has 1 atom stereocenters. The number of rotatable bonds is 7. The first-order valence-corrected chi connectivity index (χ1v) is 8.25. The van der Waals surface area contributed by atoms with Crippen molar-refractivity contribution in [3.05, 3.63) is 0 Å². The average molecular weight is 297 g/mol. The van der Waals surface area contributed by atoms with Gasteiger partial charge in [0.05, 0.1) is 0 Å². The normalized spacial score (nSPS) is 18.9. The van der Waals surface area contributed by atoms with Crippen molar-refractivity contribution < 1.29 is 9.59 Å². The van der Waals surface area contributed by atoms with Crippen LogP contribution < -0.4 is 10.6 Å². The average Bonchev–Trinajstić information content (AvgIpc) is 2.49. The lowest BCUT2D eigenvalue weighted by molar-refractivity contribution is -0.136. The summed E-state index contributed by atoms with van der Waals surface area (Å²) in [5.74, 6) is -0.0326. The first-order valence-electron chi connectivity index (χ1n) is 8.25. The molecule has 0 spiro atoms. The molecule has 1 unspecified atom stereocenters. The second kappa shape index (κ2) is 8.37. The van der Waals surface area contributed by atoms with Gasteiger partial charge in [-0.3, -0.25) is 9.59 Å². The second-order valence-electron chi connectivity index (χ2n) is 6.07. The van der Waals surface area contributed by atoms with Gasteiger partial charge in [-0.1, -0.05) is 19.3 Å². The van der Waals surface area contributed by atoms with Crippen LogP contribution in [0.3, 0.4) is 0 Å². The van der Waals surface area contributed by atoms with Gasteiger partial charge in [-0.05, 0) is 40.7 Å². The zero-order valence-electron chi connectivity index (χ0n) is 14.0. The van der Waals surface area contributed by atoms with Gasteiger partial charge in [-0.15, -0.1) is 0 Å². The highest BCUT2D eigenvalue weighted by molar-refractivity contribution is 5.87. The number of amides is 2. The van der Waals surface area contributed by atoms with E-state index in [0.717, 1.165) is 12.8 Å². The Morgan fingerprint density at radius 2 is 1.71 bits per heavy atom. The van der Waals surface area contributed by atoms with Crippen LogP contribution >= 0.6 is 0 Å². The standard InChI is InChI=1S/C16H31N3O2/c1-5-19(6-2)15(21)13(3)18-14(20)12-16(17-4)10-8-7-9-11-16/h13,17H,5-12H2,1-4H3,(H,18,20). The van der Waals surface area contributed by atoms with Crippen LogP contribution in [-0.4, -0.2) is 48.4 Å². The first kappa shape index (κ1) is 18.0. The Morgan fingerprint density at radius 3 is 2.19 bits per heavy atom. The Labute approximate surface area is 128 Å². The van der Waals surface area contributed by atoms with Crippen LogP contribution in [0.2, 0.25) is 0 Å². The molecule has 5 heteroatoms. The number of likely N-dealkylation sites (N-methyl/N-ethyl adjacent to an activating group) is 1. The largest absolute Gasteiger partial charge is 0.345 e. The topological polar surface area (TPSA) is 61.4 Å². The maximum Gasteiger partial charge on any atom is 0.244 e. The Hall–Kier alpha value is -1.10. The van der Waals surface area contributed by atoms with E-state index >= 15 is 0 Å². The minimum atomic E-state index is -0.449. The fraction of sp³-hybridized carbons (Fsp3) is 0.875. The molecule has 0 saturated heterocycles. The molecule has 1 aliphatic carbocycles. The molecule has 0 aromatic heterocycles. The maximum absolute atomic E-state index is 12.3. The third kappa shape index (κ3) is 4.99. The van der Waals surface area contributed by atoms with Crippen LogP contribution in [0.15, 0.2) is 0 Å². The van der Waals surface area contributed by atoms with Gasteiger partial charge in [0.2, 0.25) is 11.8 Å². The van der Waals surface area contributed by atoms with Crippen molar-refractivity contribution in [2.24, 2.45) is 0 Å². The molecule has 0 aromatic carbocycles. The fourth-order valence-corrected chi connectivity index (χ4v) is 3.21. The molecule has 21 heavy (non-hydrogen) atoms. The third-order valence-corrected chi connectivity index (χ3v) is 4.66. The van der Waals surface area contributed by atoms with E-state index in [1.807, 2.05) is 20.9 Å². The third-order valence-electron chi connectivity index (χ3n) is 4.66. The molecule has 1 aliphatic rings. The molecule has 122 valence electrons. The van der Waals surface area contributed by atoms with Gasteiger partial charge >= 0.3 is 0 Å². The summed E-state index contributed by atoms with van der Waals surface area (Å²) in [6.45, 7) is 7.03. The smallest absolute Gasteiger partial charge is 0.244 e. The molecule has 0 radical (unpaired) electrons. The number of carbonyl (C=O) groups is 2. The van der Waals surface area contributed by atoms with Gasteiger partial charge in [0.1, 0.15) is 6.04 Å². The Bertz CT molecular complexity index is 347. The molecule has 1 fully saturated rings. The van der Waals surface area contributed by atoms with E-state index in [0.29, 0.717) is 19.5 Å². The molecule has 5 nitrogen and oxygen atoms in total. The highest BCUT2D eigenvalue weighted by atomic mass is 16.2. The van der Waals surface area contributed by atoms with Gasteiger partial charge in [0.15, 0.2) is 0 Å². The van der Waals surface area contributed by atoms with Crippen molar-refractivity contribution in [3.63, 3.8) is 0 Å². The van der Waals surface area contributed by atoms with Crippen LogP contribution in [0.5, 0.6) is 0 Å².